The van der Waals surface area contributed by atoms with Gasteiger partial charge in [0.25, 0.3) is 0 Å². The predicted molar refractivity (Wildman–Crippen MR) is 113 cm³/mol. The summed E-state index contributed by atoms with van der Waals surface area (Å²) >= 11 is 5.99. The van der Waals surface area contributed by atoms with Gasteiger partial charge in [-0.25, -0.2) is 0 Å². The zero-order valence-electron chi connectivity index (χ0n) is 16.5. The van der Waals surface area contributed by atoms with Crippen LogP contribution in [0.25, 0.3) is 0 Å². The van der Waals surface area contributed by atoms with E-state index in [-0.39, 0.29) is 23.7 Å². The maximum absolute atomic E-state index is 13.4. The van der Waals surface area contributed by atoms with E-state index in [4.69, 9.17) is 16.9 Å². The average molecular weight is 408 g/mol. The third-order valence-electron chi connectivity index (χ3n) is 5.82. The molecule has 29 heavy (non-hydrogen) atoms. The number of amides is 2. The van der Waals surface area contributed by atoms with Gasteiger partial charge < -0.3 is 9.80 Å². The molecule has 2 aliphatic rings. The van der Waals surface area contributed by atoms with Crippen LogP contribution in [-0.4, -0.2) is 24.9 Å². The Balaban J connectivity index is 1.59. The van der Waals surface area contributed by atoms with Gasteiger partial charge in [-0.05, 0) is 35.4 Å². The van der Waals surface area contributed by atoms with Crippen molar-refractivity contribution in [2.75, 3.05) is 22.9 Å². The Hall–Kier alpha value is -2.84. The number of halogens is 1. The smallest absolute Gasteiger partial charge is 0.232 e. The van der Waals surface area contributed by atoms with Crippen molar-refractivity contribution in [3.05, 3.63) is 59.2 Å². The van der Waals surface area contributed by atoms with Crippen molar-refractivity contribution < 1.29 is 9.59 Å². The van der Waals surface area contributed by atoms with E-state index in [1.807, 2.05) is 17.0 Å². The van der Waals surface area contributed by atoms with E-state index in [9.17, 15) is 9.59 Å². The van der Waals surface area contributed by atoms with E-state index in [1.54, 1.807) is 29.2 Å². The lowest BCUT2D eigenvalue weighted by Crippen LogP contribution is -2.39. The second-order valence-electron chi connectivity index (χ2n) is 8.36. The van der Waals surface area contributed by atoms with Gasteiger partial charge >= 0.3 is 0 Å². The van der Waals surface area contributed by atoms with Crippen LogP contribution in [-0.2, 0) is 20.9 Å². The highest BCUT2D eigenvalue weighted by Crippen LogP contribution is 2.42. The van der Waals surface area contributed by atoms with Crippen LogP contribution in [0.2, 0.25) is 0 Å². The van der Waals surface area contributed by atoms with Gasteiger partial charge in [0.15, 0.2) is 0 Å². The summed E-state index contributed by atoms with van der Waals surface area (Å²) in [4.78, 5) is 29.4. The second-order valence-corrected chi connectivity index (χ2v) is 8.63. The SMILES string of the molecule is CC1(C)CN(C(=O)[C@H]2CC(=O)N(c3cccc(C#N)c3)C2)c2ccc(CCl)cc21. The second kappa shape index (κ2) is 7.20. The fraction of sp³-hybridized carbons (Fsp3) is 0.348. The third kappa shape index (κ3) is 3.38. The van der Waals surface area contributed by atoms with Crippen LogP contribution in [0.5, 0.6) is 0 Å². The molecular formula is C23H22ClN3O2. The Morgan fingerprint density at radius 1 is 1.28 bits per heavy atom. The van der Waals surface area contributed by atoms with Gasteiger partial charge in [0, 0.05) is 42.2 Å². The van der Waals surface area contributed by atoms with Crippen molar-refractivity contribution in [2.45, 2.75) is 31.6 Å². The standard InChI is InChI=1S/C23H22ClN3O2/c1-23(2)14-27(20-7-6-15(11-24)9-19(20)23)22(29)17-10-21(28)26(13-17)18-5-3-4-16(8-18)12-25/h3-9,17H,10-11,13-14H2,1-2H3/t17-/m0/s1. The van der Waals surface area contributed by atoms with E-state index >= 15 is 0 Å². The number of anilines is 2. The number of hydrogen-bond donors (Lipinski definition) is 0. The fourth-order valence-corrected chi connectivity index (χ4v) is 4.46. The predicted octanol–water partition coefficient (Wildman–Crippen LogP) is 3.97. The van der Waals surface area contributed by atoms with Gasteiger partial charge in [0.2, 0.25) is 11.8 Å². The largest absolute Gasteiger partial charge is 0.312 e. The molecule has 2 aromatic carbocycles. The minimum atomic E-state index is -0.400. The Morgan fingerprint density at radius 3 is 2.79 bits per heavy atom. The summed E-state index contributed by atoms with van der Waals surface area (Å²) in [5.41, 5.74) is 4.05. The number of nitrogens with zero attached hydrogens (tertiary/aromatic N) is 3. The van der Waals surface area contributed by atoms with Crippen LogP contribution >= 0.6 is 11.6 Å². The monoisotopic (exact) mass is 407 g/mol. The van der Waals surface area contributed by atoms with E-state index in [0.29, 0.717) is 30.2 Å². The Bertz CT molecular complexity index is 1040. The van der Waals surface area contributed by atoms with Gasteiger partial charge in [0.05, 0.1) is 17.6 Å². The maximum atomic E-state index is 13.4. The molecule has 1 fully saturated rings. The van der Waals surface area contributed by atoms with Crippen molar-refractivity contribution in [2.24, 2.45) is 5.92 Å². The van der Waals surface area contributed by atoms with E-state index in [2.05, 4.69) is 26.0 Å². The molecule has 0 aliphatic carbocycles. The number of hydrogen-bond acceptors (Lipinski definition) is 3. The van der Waals surface area contributed by atoms with Crippen LogP contribution in [0.4, 0.5) is 11.4 Å². The summed E-state index contributed by atoms with van der Waals surface area (Å²) < 4.78 is 0. The number of carbonyl (C=O) groups is 2. The quantitative estimate of drug-likeness (QED) is 0.723. The van der Waals surface area contributed by atoms with Crippen LogP contribution in [0.3, 0.4) is 0 Å². The third-order valence-corrected chi connectivity index (χ3v) is 6.12. The molecule has 0 unspecified atom stereocenters. The van der Waals surface area contributed by atoms with Gasteiger partial charge in [-0.3, -0.25) is 9.59 Å². The normalized spacial score (nSPS) is 19.9. The lowest BCUT2D eigenvalue weighted by atomic mass is 9.86. The number of nitriles is 1. The molecular weight excluding hydrogens is 386 g/mol. The zero-order valence-corrected chi connectivity index (χ0v) is 17.2. The summed E-state index contributed by atoms with van der Waals surface area (Å²) in [7, 11) is 0. The van der Waals surface area contributed by atoms with Gasteiger partial charge in [-0.2, -0.15) is 5.26 Å². The molecule has 2 heterocycles. The topological polar surface area (TPSA) is 64.4 Å². The van der Waals surface area contributed by atoms with Crippen molar-refractivity contribution >= 4 is 34.8 Å². The molecule has 2 amide bonds. The van der Waals surface area contributed by atoms with Crippen LogP contribution in [0.15, 0.2) is 42.5 Å². The van der Waals surface area contributed by atoms with Gasteiger partial charge in [-0.15, -0.1) is 11.6 Å². The molecule has 1 atom stereocenters. The Kier molecular flexibility index (Phi) is 4.84. The first kappa shape index (κ1) is 19.5. The Labute approximate surface area is 175 Å². The van der Waals surface area contributed by atoms with Gasteiger partial charge in [0.1, 0.15) is 0 Å². The summed E-state index contributed by atoms with van der Waals surface area (Å²) in [5.74, 6) is -0.0782. The summed E-state index contributed by atoms with van der Waals surface area (Å²) in [6, 6.07) is 15.0. The first-order chi connectivity index (χ1) is 13.8. The molecule has 1 saturated heterocycles. The van der Waals surface area contributed by atoms with E-state index in [1.165, 1.54) is 0 Å². The van der Waals surface area contributed by atoms with E-state index in [0.717, 1.165) is 16.8 Å². The first-order valence-corrected chi connectivity index (χ1v) is 10.2. The highest BCUT2D eigenvalue weighted by Gasteiger charge is 2.43. The molecule has 5 nitrogen and oxygen atoms in total. The molecule has 0 spiro atoms. The first-order valence-electron chi connectivity index (χ1n) is 9.65. The molecule has 0 bridgehead atoms. The summed E-state index contributed by atoms with van der Waals surface area (Å²) in [5, 5.41) is 9.11. The van der Waals surface area contributed by atoms with Gasteiger partial charge in [-0.1, -0.05) is 32.0 Å². The molecule has 0 N–H and O–H groups in total. The molecule has 0 aromatic heterocycles. The van der Waals surface area contributed by atoms with Crippen molar-refractivity contribution in [3.8, 4) is 6.07 Å². The van der Waals surface area contributed by atoms with Crippen molar-refractivity contribution in [3.63, 3.8) is 0 Å². The number of fused-ring (bicyclic) bond motifs is 1. The summed E-state index contributed by atoms with van der Waals surface area (Å²) in [6.45, 7) is 5.16. The van der Waals surface area contributed by atoms with Crippen molar-refractivity contribution in [1.82, 2.24) is 0 Å². The summed E-state index contributed by atoms with van der Waals surface area (Å²) in [6.07, 6.45) is 0.182. The lowest BCUT2D eigenvalue weighted by Gasteiger charge is -2.23. The molecule has 0 saturated carbocycles. The lowest BCUT2D eigenvalue weighted by molar-refractivity contribution is -0.124. The van der Waals surface area contributed by atoms with Crippen LogP contribution in [0, 0.1) is 17.2 Å². The molecule has 148 valence electrons. The number of carbonyl (C=O) groups excluding carboxylic acids is 2. The molecule has 2 aliphatic heterocycles. The number of rotatable bonds is 3. The average Bonchev–Trinajstić information content (AvgIpc) is 3.24. The molecule has 4 rings (SSSR count). The number of benzene rings is 2. The number of alkyl halides is 1. The molecule has 2 aromatic rings. The Morgan fingerprint density at radius 2 is 2.07 bits per heavy atom. The van der Waals surface area contributed by atoms with Crippen LogP contribution < -0.4 is 9.80 Å². The minimum absolute atomic E-state index is 0.0252. The maximum Gasteiger partial charge on any atom is 0.232 e. The van der Waals surface area contributed by atoms with Crippen molar-refractivity contribution in [1.29, 1.82) is 5.26 Å². The molecule has 0 radical (unpaired) electrons. The highest BCUT2D eigenvalue weighted by atomic mass is 35.5. The highest BCUT2D eigenvalue weighted by molar-refractivity contribution is 6.17. The molecule has 6 heteroatoms. The minimum Gasteiger partial charge on any atom is -0.312 e. The fourth-order valence-electron chi connectivity index (χ4n) is 4.29. The zero-order chi connectivity index (χ0) is 20.8. The van der Waals surface area contributed by atoms with Crippen LogP contribution in [0.1, 0.15) is 37.0 Å². The van der Waals surface area contributed by atoms with E-state index < -0.39 is 5.92 Å².